The molecule has 8 heteroatoms. The standard InChI is InChI=1S/C24H27N3O5/c28-22(16-32-18-11-9-17(10-12-18)27-13-3-8-23(27)29)26-21-7-2-1-6-20(21)24(30)25-15-19-5-4-14-31-19/h1-2,6-7,9-12,19H,3-5,8,13-16H2,(H,25,30)(H,26,28). The zero-order valence-electron chi connectivity index (χ0n) is 17.8. The van der Waals surface area contributed by atoms with Crippen LogP contribution >= 0.6 is 0 Å². The second kappa shape index (κ2) is 10.3. The van der Waals surface area contributed by atoms with Gasteiger partial charge < -0.3 is 25.0 Å². The number of benzene rings is 2. The Balaban J connectivity index is 1.29. The van der Waals surface area contributed by atoms with Gasteiger partial charge in [0, 0.05) is 31.8 Å². The van der Waals surface area contributed by atoms with Gasteiger partial charge in [-0.1, -0.05) is 12.1 Å². The van der Waals surface area contributed by atoms with Crippen molar-refractivity contribution in [3.8, 4) is 5.75 Å². The van der Waals surface area contributed by atoms with Crippen molar-refractivity contribution in [2.24, 2.45) is 0 Å². The smallest absolute Gasteiger partial charge is 0.262 e. The molecule has 2 aliphatic heterocycles. The van der Waals surface area contributed by atoms with E-state index in [1.807, 2.05) is 12.1 Å². The fourth-order valence-corrected chi connectivity index (χ4v) is 3.88. The van der Waals surface area contributed by atoms with Crippen LogP contribution in [0.4, 0.5) is 11.4 Å². The number of carbonyl (C=O) groups excluding carboxylic acids is 3. The molecule has 2 N–H and O–H groups in total. The zero-order valence-corrected chi connectivity index (χ0v) is 17.8. The fourth-order valence-electron chi connectivity index (χ4n) is 3.88. The van der Waals surface area contributed by atoms with Crippen LogP contribution in [0.25, 0.3) is 0 Å². The second-order valence-corrected chi connectivity index (χ2v) is 7.87. The Hall–Kier alpha value is -3.39. The van der Waals surface area contributed by atoms with Crippen molar-refractivity contribution < 1.29 is 23.9 Å². The first-order valence-corrected chi connectivity index (χ1v) is 10.9. The first-order chi connectivity index (χ1) is 15.6. The van der Waals surface area contributed by atoms with E-state index in [2.05, 4.69) is 10.6 Å². The number of carbonyl (C=O) groups is 3. The van der Waals surface area contributed by atoms with Gasteiger partial charge in [0.25, 0.3) is 11.8 Å². The van der Waals surface area contributed by atoms with Crippen LogP contribution in [0.15, 0.2) is 48.5 Å². The minimum atomic E-state index is -0.372. The van der Waals surface area contributed by atoms with Gasteiger partial charge in [0.15, 0.2) is 6.61 Å². The number of hydrogen-bond donors (Lipinski definition) is 2. The van der Waals surface area contributed by atoms with Gasteiger partial charge >= 0.3 is 0 Å². The molecule has 1 unspecified atom stereocenters. The molecular formula is C24H27N3O5. The third-order valence-electron chi connectivity index (χ3n) is 5.55. The average Bonchev–Trinajstić information content (AvgIpc) is 3.48. The quantitative estimate of drug-likeness (QED) is 0.662. The first-order valence-electron chi connectivity index (χ1n) is 10.9. The van der Waals surface area contributed by atoms with Crippen LogP contribution in [0, 0.1) is 0 Å². The van der Waals surface area contributed by atoms with E-state index in [9.17, 15) is 14.4 Å². The normalized spacial score (nSPS) is 17.9. The Morgan fingerprint density at radius 1 is 1.09 bits per heavy atom. The summed E-state index contributed by atoms with van der Waals surface area (Å²) < 4.78 is 11.1. The van der Waals surface area contributed by atoms with Crippen molar-refractivity contribution in [3.05, 3.63) is 54.1 Å². The highest BCUT2D eigenvalue weighted by molar-refractivity contribution is 6.04. The van der Waals surface area contributed by atoms with Gasteiger partial charge in [0.1, 0.15) is 5.75 Å². The highest BCUT2D eigenvalue weighted by Crippen LogP contribution is 2.24. The summed E-state index contributed by atoms with van der Waals surface area (Å²) in [6.07, 6.45) is 3.43. The summed E-state index contributed by atoms with van der Waals surface area (Å²) in [6, 6.07) is 13.9. The molecule has 2 fully saturated rings. The molecule has 2 aromatic rings. The summed E-state index contributed by atoms with van der Waals surface area (Å²) >= 11 is 0. The number of anilines is 2. The lowest BCUT2D eigenvalue weighted by molar-refractivity contribution is -0.118. The van der Waals surface area contributed by atoms with E-state index in [1.165, 1.54) is 0 Å². The minimum absolute atomic E-state index is 0.0454. The predicted octanol–water partition coefficient (Wildman–Crippen LogP) is 2.74. The van der Waals surface area contributed by atoms with Gasteiger partial charge in [0.05, 0.1) is 17.4 Å². The lowest BCUT2D eigenvalue weighted by atomic mass is 10.1. The molecule has 1 atom stereocenters. The molecule has 32 heavy (non-hydrogen) atoms. The Labute approximate surface area is 186 Å². The molecule has 2 saturated heterocycles. The van der Waals surface area contributed by atoms with Crippen LogP contribution in [0.1, 0.15) is 36.0 Å². The number of hydrogen-bond acceptors (Lipinski definition) is 5. The van der Waals surface area contributed by atoms with Crippen molar-refractivity contribution in [3.63, 3.8) is 0 Å². The largest absolute Gasteiger partial charge is 0.484 e. The highest BCUT2D eigenvalue weighted by Gasteiger charge is 2.21. The Morgan fingerprint density at radius 3 is 2.62 bits per heavy atom. The molecule has 0 bridgehead atoms. The van der Waals surface area contributed by atoms with Crippen molar-refractivity contribution in [2.75, 3.05) is 36.5 Å². The highest BCUT2D eigenvalue weighted by atomic mass is 16.5. The monoisotopic (exact) mass is 437 g/mol. The van der Waals surface area contributed by atoms with E-state index in [1.54, 1.807) is 41.3 Å². The van der Waals surface area contributed by atoms with E-state index >= 15 is 0 Å². The fraction of sp³-hybridized carbons (Fsp3) is 0.375. The summed E-state index contributed by atoms with van der Waals surface area (Å²) in [6.45, 7) is 1.70. The van der Waals surface area contributed by atoms with Gasteiger partial charge in [-0.3, -0.25) is 14.4 Å². The van der Waals surface area contributed by atoms with E-state index in [0.717, 1.165) is 38.1 Å². The van der Waals surface area contributed by atoms with Gasteiger partial charge in [-0.25, -0.2) is 0 Å². The summed E-state index contributed by atoms with van der Waals surface area (Å²) in [4.78, 5) is 38.6. The van der Waals surface area contributed by atoms with E-state index < -0.39 is 0 Å². The molecule has 0 spiro atoms. The van der Waals surface area contributed by atoms with E-state index in [4.69, 9.17) is 9.47 Å². The molecule has 0 radical (unpaired) electrons. The van der Waals surface area contributed by atoms with Crippen molar-refractivity contribution in [1.29, 1.82) is 0 Å². The lowest BCUT2D eigenvalue weighted by Gasteiger charge is -2.16. The maximum Gasteiger partial charge on any atom is 0.262 e. The Bertz CT molecular complexity index is 970. The van der Waals surface area contributed by atoms with E-state index in [0.29, 0.717) is 30.0 Å². The number of rotatable bonds is 8. The van der Waals surface area contributed by atoms with Crippen molar-refractivity contribution >= 4 is 29.1 Å². The van der Waals surface area contributed by atoms with Crippen LogP contribution < -0.4 is 20.3 Å². The minimum Gasteiger partial charge on any atom is -0.484 e. The predicted molar refractivity (Wildman–Crippen MR) is 120 cm³/mol. The SMILES string of the molecule is O=C(COc1ccc(N2CCCC2=O)cc1)Nc1ccccc1C(=O)NCC1CCCO1. The molecule has 0 aromatic heterocycles. The van der Waals surface area contributed by atoms with Gasteiger partial charge in [-0.15, -0.1) is 0 Å². The van der Waals surface area contributed by atoms with Crippen molar-refractivity contribution in [2.45, 2.75) is 31.8 Å². The summed E-state index contributed by atoms with van der Waals surface area (Å²) in [7, 11) is 0. The third kappa shape index (κ3) is 5.45. The average molecular weight is 437 g/mol. The van der Waals surface area contributed by atoms with Crippen LogP contribution in [0.2, 0.25) is 0 Å². The molecule has 3 amide bonds. The molecule has 8 nitrogen and oxygen atoms in total. The lowest BCUT2D eigenvalue weighted by Crippen LogP contribution is -2.32. The number of nitrogens with one attached hydrogen (secondary N) is 2. The first kappa shape index (κ1) is 21.8. The zero-order chi connectivity index (χ0) is 22.3. The number of amides is 3. The second-order valence-electron chi connectivity index (χ2n) is 7.87. The molecule has 2 heterocycles. The maximum atomic E-state index is 12.6. The number of ether oxygens (including phenoxy) is 2. The molecule has 4 rings (SSSR count). The molecule has 0 saturated carbocycles. The van der Waals surface area contributed by atoms with Gasteiger partial charge in [-0.2, -0.15) is 0 Å². The van der Waals surface area contributed by atoms with E-state index in [-0.39, 0.29) is 30.4 Å². The molecule has 168 valence electrons. The Morgan fingerprint density at radius 2 is 1.91 bits per heavy atom. The molecular weight excluding hydrogens is 410 g/mol. The van der Waals surface area contributed by atoms with Crippen LogP contribution in [-0.2, 0) is 14.3 Å². The van der Waals surface area contributed by atoms with Crippen LogP contribution in [0.3, 0.4) is 0 Å². The third-order valence-corrected chi connectivity index (χ3v) is 5.55. The van der Waals surface area contributed by atoms with Gasteiger partial charge in [-0.05, 0) is 55.7 Å². The molecule has 0 aliphatic carbocycles. The molecule has 2 aromatic carbocycles. The Kier molecular flexibility index (Phi) is 7.01. The summed E-state index contributed by atoms with van der Waals surface area (Å²) in [5.74, 6) is 0.0159. The van der Waals surface area contributed by atoms with Crippen LogP contribution in [-0.4, -0.2) is 50.1 Å². The van der Waals surface area contributed by atoms with Crippen LogP contribution in [0.5, 0.6) is 5.75 Å². The topological polar surface area (TPSA) is 97.0 Å². The molecule has 2 aliphatic rings. The number of nitrogens with zero attached hydrogens (tertiary/aromatic N) is 1. The maximum absolute atomic E-state index is 12.6. The number of para-hydroxylation sites is 1. The summed E-state index contributed by atoms with van der Waals surface area (Å²) in [5.41, 5.74) is 1.64. The van der Waals surface area contributed by atoms with Crippen molar-refractivity contribution in [1.82, 2.24) is 5.32 Å². The summed E-state index contributed by atoms with van der Waals surface area (Å²) in [5, 5.41) is 5.61. The van der Waals surface area contributed by atoms with Gasteiger partial charge in [0.2, 0.25) is 5.91 Å².